The number of benzene rings is 10. The fourth-order valence-electron chi connectivity index (χ4n) is 11.1. The van der Waals surface area contributed by atoms with Crippen molar-refractivity contribution in [3.63, 3.8) is 0 Å². The van der Waals surface area contributed by atoms with E-state index in [1.165, 1.54) is 50.1 Å². The van der Waals surface area contributed by atoms with Crippen LogP contribution in [0, 0.1) is 6.92 Å². The van der Waals surface area contributed by atoms with Gasteiger partial charge in [0.25, 0.3) is 0 Å². The number of pyridine rings is 1. The van der Waals surface area contributed by atoms with Crippen molar-refractivity contribution < 1.29 is 4.74 Å². The Hall–Kier alpha value is -9.45. The van der Waals surface area contributed by atoms with Gasteiger partial charge in [-0.15, -0.1) is 0 Å². The Kier molecular flexibility index (Phi) is 11.7. The molecule has 5 heteroatoms. The second kappa shape index (κ2) is 19.1. The van der Waals surface area contributed by atoms with Crippen LogP contribution in [0.3, 0.4) is 0 Å². The minimum Gasteiger partial charge on any atom is -0.457 e. The predicted octanol–water partition coefficient (Wildman–Crippen LogP) is 19.2. The molecular formula is C71H56N4O. The zero-order chi connectivity index (χ0) is 51.3. The normalized spacial score (nSPS) is 12.4. The fraction of sp³-hybridized carbons (Fsp3) is 0.0845. The maximum Gasteiger partial charge on any atom is 0.137 e. The second-order valence-electron chi connectivity index (χ2n) is 20.9. The molecule has 2 aromatic heterocycles. The van der Waals surface area contributed by atoms with Crippen LogP contribution in [-0.2, 0) is 5.41 Å². The van der Waals surface area contributed by atoms with E-state index in [-0.39, 0.29) is 5.41 Å². The highest BCUT2D eigenvalue weighted by atomic mass is 16.5. The van der Waals surface area contributed by atoms with Crippen LogP contribution >= 0.6 is 0 Å². The molecule has 0 saturated heterocycles. The molecule has 0 atom stereocenters. The van der Waals surface area contributed by atoms with Crippen molar-refractivity contribution in [2.75, 3.05) is 16.5 Å². The average Bonchev–Trinajstić information content (AvgIpc) is 4.10. The van der Waals surface area contributed by atoms with E-state index < -0.39 is 0 Å². The van der Waals surface area contributed by atoms with Gasteiger partial charge in [0.2, 0.25) is 0 Å². The van der Waals surface area contributed by atoms with Crippen LogP contribution in [0.2, 0.25) is 0 Å². The molecular weight excluding hydrogens is 925 g/mol. The van der Waals surface area contributed by atoms with Crippen LogP contribution in [-0.4, -0.2) is 16.2 Å². The van der Waals surface area contributed by atoms with Crippen LogP contribution in [0.4, 0.5) is 22.7 Å². The Bertz CT molecular complexity index is 4100. The summed E-state index contributed by atoms with van der Waals surface area (Å²) in [4.78, 5) is 10.0. The van der Waals surface area contributed by atoms with Crippen molar-refractivity contribution in [1.29, 1.82) is 0 Å². The summed E-state index contributed by atoms with van der Waals surface area (Å²) < 4.78 is 9.21. The molecule has 0 aliphatic carbocycles. The fourth-order valence-corrected chi connectivity index (χ4v) is 11.1. The molecule has 1 aliphatic heterocycles. The maximum absolute atomic E-state index is 6.93. The van der Waals surface area contributed by atoms with Gasteiger partial charge in [-0.2, -0.15) is 0 Å². The molecule has 0 saturated carbocycles. The lowest BCUT2D eigenvalue weighted by Gasteiger charge is -2.28. The Balaban J connectivity index is 0.885. The molecule has 12 aromatic rings. The summed E-state index contributed by atoms with van der Waals surface area (Å²) in [5, 5.41) is 2.29. The third kappa shape index (κ3) is 8.56. The molecule has 1 aliphatic rings. The highest BCUT2D eigenvalue weighted by molar-refractivity contribution is 6.11. The van der Waals surface area contributed by atoms with Crippen molar-refractivity contribution in [1.82, 2.24) is 9.55 Å². The lowest BCUT2D eigenvalue weighted by molar-refractivity contribution is 0.483. The first-order chi connectivity index (χ1) is 37.2. The van der Waals surface area contributed by atoms with Crippen LogP contribution in [0.25, 0.3) is 83.3 Å². The Morgan fingerprint density at radius 3 is 1.67 bits per heavy atom. The lowest BCUT2D eigenvalue weighted by Crippen LogP contribution is -2.25. The van der Waals surface area contributed by atoms with Gasteiger partial charge in [-0.25, -0.2) is 4.98 Å². The number of anilines is 4. The average molecular weight is 981 g/mol. The van der Waals surface area contributed by atoms with Crippen LogP contribution in [0.15, 0.2) is 255 Å². The smallest absolute Gasteiger partial charge is 0.137 e. The number of fused-ring (bicyclic) bond motifs is 4. The van der Waals surface area contributed by atoms with Crippen molar-refractivity contribution in [3.8, 4) is 73.0 Å². The van der Waals surface area contributed by atoms with Gasteiger partial charge < -0.3 is 14.5 Å². The zero-order valence-electron chi connectivity index (χ0n) is 43.2. The minimum atomic E-state index is 0.0419. The molecule has 0 unspecified atom stereocenters. The Morgan fingerprint density at radius 1 is 0.408 bits per heavy atom. The van der Waals surface area contributed by atoms with Crippen LogP contribution < -0.4 is 14.5 Å². The monoisotopic (exact) mass is 980 g/mol. The summed E-state index contributed by atoms with van der Waals surface area (Å²) in [7, 11) is 0. The highest BCUT2D eigenvalue weighted by Crippen LogP contribution is 2.51. The largest absolute Gasteiger partial charge is 0.457 e. The van der Waals surface area contributed by atoms with E-state index in [1.54, 1.807) is 0 Å². The summed E-state index contributed by atoms with van der Waals surface area (Å²) in [6, 6.07) is 89.3. The molecule has 366 valence electrons. The third-order valence-electron chi connectivity index (χ3n) is 15.0. The Morgan fingerprint density at radius 2 is 0.974 bits per heavy atom. The lowest BCUT2D eigenvalue weighted by atomic mass is 9.85. The molecule has 0 bridgehead atoms. The quantitative estimate of drug-likeness (QED) is 0.137. The third-order valence-corrected chi connectivity index (χ3v) is 15.0. The number of para-hydroxylation sites is 3. The molecule has 76 heavy (non-hydrogen) atoms. The van der Waals surface area contributed by atoms with Crippen molar-refractivity contribution >= 4 is 44.6 Å². The van der Waals surface area contributed by atoms with E-state index in [2.05, 4.69) is 291 Å². The summed E-state index contributed by atoms with van der Waals surface area (Å²) in [6.45, 7) is 9.58. The number of hydrogen-bond donors (Lipinski definition) is 0. The summed E-state index contributed by atoms with van der Waals surface area (Å²) in [5.74, 6) is 2.35. The van der Waals surface area contributed by atoms with E-state index in [4.69, 9.17) is 9.72 Å². The number of rotatable bonds is 10. The number of aryl methyl sites for hydroxylation is 1. The Labute approximate surface area is 445 Å². The zero-order valence-corrected chi connectivity index (χ0v) is 43.2. The van der Waals surface area contributed by atoms with E-state index in [0.29, 0.717) is 6.67 Å². The van der Waals surface area contributed by atoms with Crippen LogP contribution in [0.1, 0.15) is 31.9 Å². The van der Waals surface area contributed by atoms with E-state index >= 15 is 0 Å². The molecule has 5 nitrogen and oxygen atoms in total. The number of nitrogens with zero attached hydrogens (tertiary/aromatic N) is 4. The molecule has 0 spiro atoms. The van der Waals surface area contributed by atoms with E-state index in [9.17, 15) is 0 Å². The number of aromatic nitrogens is 2. The topological polar surface area (TPSA) is 33.5 Å². The van der Waals surface area contributed by atoms with E-state index in [0.717, 1.165) is 78.6 Å². The van der Waals surface area contributed by atoms with Gasteiger partial charge in [0.05, 0.1) is 28.1 Å². The standard InChI is InChI=1S/C71H56N4O/c1-48-41-69(72-46-64(48)51-23-12-7-13-24-51)75-65-40-35-54(50-21-10-6-11-22-50)43-63(65)62-39-38-59(45-68(62)75)76-58-28-17-27-57(44-58)73-47-74(67-32-15-14-31-66(67)73)70-60(52-33-36-56(37-34-52)71(2,3)4)29-18-30-61(70)55-26-16-25-53(42-55)49-19-8-5-9-20-49/h5-46H,47H2,1-4H3. The van der Waals surface area contributed by atoms with Gasteiger partial charge in [-0.3, -0.25) is 4.57 Å². The van der Waals surface area contributed by atoms with Gasteiger partial charge >= 0.3 is 0 Å². The molecule has 0 N–H and O–H groups in total. The molecule has 0 amide bonds. The van der Waals surface area contributed by atoms with E-state index in [1.807, 2.05) is 6.20 Å². The van der Waals surface area contributed by atoms with Gasteiger partial charge in [0, 0.05) is 51.5 Å². The summed E-state index contributed by atoms with van der Waals surface area (Å²) in [5.41, 5.74) is 20.8. The van der Waals surface area contributed by atoms with Gasteiger partial charge in [0.15, 0.2) is 0 Å². The molecule has 0 radical (unpaired) electrons. The van der Waals surface area contributed by atoms with Crippen LogP contribution in [0.5, 0.6) is 11.5 Å². The molecule has 3 heterocycles. The van der Waals surface area contributed by atoms with Crippen molar-refractivity contribution in [3.05, 3.63) is 266 Å². The van der Waals surface area contributed by atoms with Crippen molar-refractivity contribution in [2.24, 2.45) is 0 Å². The first-order valence-corrected chi connectivity index (χ1v) is 26.2. The van der Waals surface area contributed by atoms with Gasteiger partial charge in [-0.05, 0) is 123 Å². The number of ether oxygens (including phenoxy) is 1. The first kappa shape index (κ1) is 46.3. The summed E-state index contributed by atoms with van der Waals surface area (Å²) in [6.07, 6.45) is 2.01. The predicted molar refractivity (Wildman–Crippen MR) is 318 cm³/mol. The molecule has 10 aromatic carbocycles. The minimum absolute atomic E-state index is 0.0419. The molecule has 0 fully saturated rings. The second-order valence-corrected chi connectivity index (χ2v) is 20.9. The van der Waals surface area contributed by atoms with Crippen molar-refractivity contribution in [2.45, 2.75) is 33.1 Å². The van der Waals surface area contributed by atoms with Gasteiger partial charge in [0.1, 0.15) is 24.0 Å². The highest BCUT2D eigenvalue weighted by Gasteiger charge is 2.32. The number of hydrogen-bond acceptors (Lipinski definition) is 4. The summed E-state index contributed by atoms with van der Waals surface area (Å²) >= 11 is 0. The molecule has 13 rings (SSSR count). The first-order valence-electron chi connectivity index (χ1n) is 26.2. The SMILES string of the molecule is Cc1cc(-n2c3ccc(-c4ccccc4)cc3c3ccc(Oc4cccc(N5CN(c6c(-c7ccc(C(C)(C)C)cc7)cccc6-c6cccc(-c7ccccc7)c6)c6ccccc65)c4)cc32)ncc1-c1ccccc1. The van der Waals surface area contributed by atoms with Gasteiger partial charge in [-0.1, -0.05) is 197 Å². The maximum atomic E-state index is 6.93.